The Labute approximate surface area is 215 Å². The van der Waals surface area contributed by atoms with Gasteiger partial charge in [0.15, 0.2) is 0 Å². The maximum atomic E-state index is 13.9. The summed E-state index contributed by atoms with van der Waals surface area (Å²) in [6.07, 6.45) is 7.06. The average Bonchev–Trinajstić information content (AvgIpc) is 3.39. The Hall–Kier alpha value is -1.95. The fourth-order valence-electron chi connectivity index (χ4n) is 8.15. The Kier molecular flexibility index (Phi) is 6.50. The third-order valence-electron chi connectivity index (χ3n) is 10.6. The van der Waals surface area contributed by atoms with E-state index >= 15 is 0 Å². The fourth-order valence-corrected chi connectivity index (χ4v) is 10.4. The lowest BCUT2D eigenvalue weighted by atomic mass is 9.69. The van der Waals surface area contributed by atoms with Crippen LogP contribution in [0, 0.1) is 28.1 Å². The Morgan fingerprint density at radius 2 is 1.94 bits per heavy atom. The largest absolute Gasteiger partial charge is 0.351 e. The van der Waals surface area contributed by atoms with Gasteiger partial charge in [-0.05, 0) is 79.2 Å². The summed E-state index contributed by atoms with van der Waals surface area (Å²) in [6.45, 7) is 5.49. The lowest BCUT2D eigenvalue weighted by Crippen LogP contribution is -2.57. The molecule has 7 nitrogen and oxygen atoms in total. The van der Waals surface area contributed by atoms with Gasteiger partial charge in [0, 0.05) is 31.0 Å². The van der Waals surface area contributed by atoms with Crippen molar-refractivity contribution in [2.75, 3.05) is 18.8 Å². The van der Waals surface area contributed by atoms with Crippen molar-refractivity contribution in [1.82, 2.24) is 9.62 Å². The van der Waals surface area contributed by atoms with E-state index in [1.165, 1.54) is 11.1 Å². The molecule has 3 fully saturated rings. The highest BCUT2D eigenvalue weighted by Gasteiger charge is 2.66. The zero-order valence-electron chi connectivity index (χ0n) is 21.6. The molecule has 1 saturated heterocycles. The minimum Gasteiger partial charge on any atom is -0.351 e. The number of benzene rings is 1. The first-order chi connectivity index (χ1) is 17.0. The second-order valence-electron chi connectivity index (χ2n) is 12.3. The van der Waals surface area contributed by atoms with Gasteiger partial charge in [-0.25, -0.2) is 12.7 Å². The molecule has 2 bridgehead atoms. The van der Waals surface area contributed by atoms with Crippen molar-refractivity contribution in [3.63, 3.8) is 0 Å². The van der Waals surface area contributed by atoms with Crippen LogP contribution in [-0.4, -0.2) is 49.6 Å². The van der Waals surface area contributed by atoms with E-state index in [1.807, 2.05) is 6.07 Å². The second kappa shape index (κ2) is 9.11. The van der Waals surface area contributed by atoms with Crippen molar-refractivity contribution in [3.8, 4) is 6.07 Å². The number of carbonyl (C=O) groups excluding carboxylic acids is 1. The number of amides is 1. The molecule has 36 heavy (non-hydrogen) atoms. The number of rotatable bonds is 7. The molecule has 1 aromatic carbocycles. The molecule has 0 aromatic heterocycles. The third-order valence-corrected chi connectivity index (χ3v) is 12.7. The number of hydrogen-bond acceptors (Lipinski definition) is 5. The maximum absolute atomic E-state index is 13.9. The van der Waals surface area contributed by atoms with Crippen LogP contribution in [0.15, 0.2) is 24.3 Å². The highest BCUT2D eigenvalue weighted by molar-refractivity contribution is 7.89. The molecule has 1 aliphatic heterocycles. The predicted octanol–water partition coefficient (Wildman–Crippen LogP) is 3.24. The van der Waals surface area contributed by atoms with Gasteiger partial charge in [-0.3, -0.25) is 4.79 Å². The van der Waals surface area contributed by atoms with E-state index < -0.39 is 21.5 Å². The molecule has 4 atom stereocenters. The molecule has 3 aliphatic carbocycles. The summed E-state index contributed by atoms with van der Waals surface area (Å²) in [4.78, 5) is 12.8. The SMILES string of the molecule is CC1(C)[C@@H]2CC[C@@]1(CS(=O)(=O)N1CCC3(CCc4ccccc43)CC1)[C@@H](NC(=O)[C@@H](N)CCC#N)C2. The van der Waals surface area contributed by atoms with Crippen molar-refractivity contribution < 1.29 is 13.2 Å². The van der Waals surface area contributed by atoms with Crippen LogP contribution in [0.3, 0.4) is 0 Å². The van der Waals surface area contributed by atoms with Crippen LogP contribution >= 0.6 is 0 Å². The first kappa shape index (κ1) is 25.7. The van der Waals surface area contributed by atoms with Crippen LogP contribution in [0.5, 0.6) is 0 Å². The molecule has 1 aromatic rings. The summed E-state index contributed by atoms with van der Waals surface area (Å²) in [5, 5.41) is 12.0. The first-order valence-electron chi connectivity index (χ1n) is 13.5. The predicted molar refractivity (Wildman–Crippen MR) is 139 cm³/mol. The van der Waals surface area contributed by atoms with Crippen molar-refractivity contribution in [2.24, 2.45) is 22.5 Å². The topological polar surface area (TPSA) is 116 Å². The van der Waals surface area contributed by atoms with Crippen molar-refractivity contribution in [3.05, 3.63) is 35.4 Å². The summed E-state index contributed by atoms with van der Waals surface area (Å²) in [5.41, 5.74) is 8.30. The Morgan fingerprint density at radius 3 is 2.64 bits per heavy atom. The van der Waals surface area contributed by atoms with Gasteiger partial charge < -0.3 is 11.1 Å². The standard InChI is InChI=1S/C28H40N4O3S/c1-26(2)21-10-12-28(26,24(18-21)31-25(33)23(30)8-5-15-29)19-36(34,35)32-16-13-27(14-17-32)11-9-20-6-3-4-7-22(20)27/h3-4,6-7,21,23-24H,5,8-14,16-19,30H2,1-2H3,(H,31,33)/t21-,23+,24+,28-/m1/s1. The molecule has 1 amide bonds. The highest BCUT2D eigenvalue weighted by Crippen LogP contribution is 2.66. The Balaban J connectivity index is 1.31. The smallest absolute Gasteiger partial charge is 0.237 e. The van der Waals surface area contributed by atoms with Crippen molar-refractivity contribution in [2.45, 2.75) is 89.1 Å². The van der Waals surface area contributed by atoms with E-state index in [0.29, 0.717) is 25.4 Å². The van der Waals surface area contributed by atoms with Gasteiger partial charge in [-0.2, -0.15) is 5.26 Å². The lowest BCUT2D eigenvalue weighted by molar-refractivity contribution is -0.124. The quantitative estimate of drug-likeness (QED) is 0.582. The molecule has 1 heterocycles. The molecule has 8 heteroatoms. The zero-order chi connectivity index (χ0) is 25.8. The summed E-state index contributed by atoms with van der Waals surface area (Å²) in [6, 6.07) is 9.74. The monoisotopic (exact) mass is 512 g/mol. The number of nitriles is 1. The van der Waals surface area contributed by atoms with Gasteiger partial charge >= 0.3 is 0 Å². The molecular formula is C28H40N4O3S. The minimum absolute atomic E-state index is 0.0749. The van der Waals surface area contributed by atoms with Crippen LogP contribution in [0.4, 0.5) is 0 Å². The molecule has 0 radical (unpaired) electrons. The van der Waals surface area contributed by atoms with Crippen molar-refractivity contribution >= 4 is 15.9 Å². The number of piperidine rings is 1. The van der Waals surface area contributed by atoms with Crippen molar-refractivity contribution in [1.29, 1.82) is 5.26 Å². The molecule has 3 N–H and O–H groups in total. The maximum Gasteiger partial charge on any atom is 0.237 e. The Bertz CT molecular complexity index is 1170. The summed E-state index contributed by atoms with van der Waals surface area (Å²) in [5.74, 6) is 0.189. The fraction of sp³-hybridized carbons (Fsp3) is 0.714. The van der Waals surface area contributed by atoms with Crippen LogP contribution in [0.25, 0.3) is 0 Å². The van der Waals surface area contributed by atoms with E-state index in [2.05, 4.69) is 43.4 Å². The number of fused-ring (bicyclic) bond motifs is 4. The van der Waals surface area contributed by atoms with Gasteiger partial charge in [0.25, 0.3) is 0 Å². The zero-order valence-corrected chi connectivity index (χ0v) is 22.4. The number of nitrogens with zero attached hydrogens (tertiary/aromatic N) is 2. The number of carbonyl (C=O) groups is 1. The van der Waals surface area contributed by atoms with Gasteiger partial charge in [-0.15, -0.1) is 0 Å². The van der Waals surface area contributed by atoms with Crippen LogP contribution in [-0.2, 0) is 26.7 Å². The summed E-state index contributed by atoms with van der Waals surface area (Å²) >= 11 is 0. The van der Waals surface area contributed by atoms with Crippen LogP contribution < -0.4 is 11.1 Å². The summed E-state index contributed by atoms with van der Waals surface area (Å²) in [7, 11) is -3.50. The van der Waals surface area contributed by atoms with E-state index in [9.17, 15) is 13.2 Å². The molecular weight excluding hydrogens is 472 g/mol. The number of aryl methyl sites for hydroxylation is 1. The first-order valence-corrected chi connectivity index (χ1v) is 15.1. The third kappa shape index (κ3) is 3.99. The summed E-state index contributed by atoms with van der Waals surface area (Å²) < 4.78 is 29.6. The number of hydrogen-bond donors (Lipinski definition) is 2. The molecule has 0 unspecified atom stereocenters. The lowest BCUT2D eigenvalue weighted by Gasteiger charge is -2.45. The highest BCUT2D eigenvalue weighted by atomic mass is 32.2. The molecule has 1 spiro atoms. The molecule has 196 valence electrons. The van der Waals surface area contributed by atoms with Gasteiger partial charge in [-0.1, -0.05) is 38.1 Å². The van der Waals surface area contributed by atoms with E-state index in [4.69, 9.17) is 11.0 Å². The van der Waals surface area contributed by atoms with E-state index in [1.54, 1.807) is 4.31 Å². The molecule has 2 saturated carbocycles. The minimum atomic E-state index is -3.50. The van der Waals surface area contributed by atoms with Crippen LogP contribution in [0.2, 0.25) is 0 Å². The van der Waals surface area contributed by atoms with Gasteiger partial charge in [0.2, 0.25) is 15.9 Å². The normalized spacial score (nSPS) is 31.2. The number of sulfonamides is 1. The average molecular weight is 513 g/mol. The van der Waals surface area contributed by atoms with Crippen LogP contribution in [0.1, 0.15) is 76.3 Å². The molecule has 4 aliphatic rings. The van der Waals surface area contributed by atoms with E-state index in [0.717, 1.165) is 44.9 Å². The Morgan fingerprint density at radius 1 is 1.22 bits per heavy atom. The van der Waals surface area contributed by atoms with Gasteiger partial charge in [0.1, 0.15) is 0 Å². The van der Waals surface area contributed by atoms with Gasteiger partial charge in [0.05, 0.1) is 17.9 Å². The number of nitrogens with one attached hydrogen (secondary N) is 1. The van der Waals surface area contributed by atoms with E-state index in [-0.39, 0.29) is 35.0 Å². The second-order valence-corrected chi connectivity index (χ2v) is 14.3. The number of nitrogens with two attached hydrogens (primary N) is 1. The molecule has 5 rings (SSSR count).